The average Bonchev–Trinajstić information content (AvgIpc) is 3.14. The van der Waals surface area contributed by atoms with E-state index in [2.05, 4.69) is 10.2 Å². The van der Waals surface area contributed by atoms with Gasteiger partial charge in [0.15, 0.2) is 6.10 Å². The van der Waals surface area contributed by atoms with E-state index in [0.717, 1.165) is 4.88 Å². The van der Waals surface area contributed by atoms with Crippen LogP contribution in [0.25, 0.3) is 0 Å². The van der Waals surface area contributed by atoms with Gasteiger partial charge < -0.3 is 14.1 Å². The Morgan fingerprint density at radius 3 is 2.95 bits per heavy atom. The molecule has 0 aliphatic carbocycles. The molecule has 22 heavy (non-hydrogen) atoms. The topological polar surface area (TPSA) is 68.5 Å². The average molecular weight is 342 g/mol. The van der Waals surface area contributed by atoms with Crippen LogP contribution in [0, 0.1) is 6.92 Å². The second-order valence-electron chi connectivity index (χ2n) is 5.17. The maximum absolute atomic E-state index is 12.7. The standard InChI is InChI=1S/C14H16ClN3O3S/c1-8(11-3-4-12(15)22-11)14(19)18-5-6-20-10(7-18)13-17-16-9(2)21-13/h3-4,8,10H,5-7H2,1-2H3/t8-,10-/m0/s1. The van der Waals surface area contributed by atoms with E-state index in [-0.39, 0.29) is 17.9 Å². The smallest absolute Gasteiger partial charge is 0.246 e. The van der Waals surface area contributed by atoms with Crippen LogP contribution in [0.5, 0.6) is 0 Å². The second kappa shape index (κ2) is 6.36. The predicted molar refractivity (Wildman–Crippen MR) is 82.1 cm³/mol. The molecule has 1 aliphatic rings. The van der Waals surface area contributed by atoms with Crippen molar-refractivity contribution in [3.05, 3.63) is 33.1 Å². The van der Waals surface area contributed by atoms with Gasteiger partial charge >= 0.3 is 0 Å². The first-order chi connectivity index (χ1) is 10.5. The van der Waals surface area contributed by atoms with Gasteiger partial charge in [-0.1, -0.05) is 11.6 Å². The number of ether oxygens (including phenoxy) is 1. The van der Waals surface area contributed by atoms with Crippen molar-refractivity contribution in [2.75, 3.05) is 19.7 Å². The van der Waals surface area contributed by atoms with Gasteiger partial charge in [-0.15, -0.1) is 21.5 Å². The lowest BCUT2D eigenvalue weighted by Crippen LogP contribution is -2.44. The molecule has 8 heteroatoms. The summed E-state index contributed by atoms with van der Waals surface area (Å²) in [5.74, 6) is 0.745. The summed E-state index contributed by atoms with van der Waals surface area (Å²) in [6.45, 7) is 5.06. The molecule has 1 saturated heterocycles. The summed E-state index contributed by atoms with van der Waals surface area (Å²) in [4.78, 5) is 15.4. The van der Waals surface area contributed by atoms with Crippen molar-refractivity contribution in [1.29, 1.82) is 0 Å². The van der Waals surface area contributed by atoms with Gasteiger partial charge in [0.05, 0.1) is 23.4 Å². The van der Waals surface area contributed by atoms with Crippen LogP contribution >= 0.6 is 22.9 Å². The van der Waals surface area contributed by atoms with E-state index < -0.39 is 0 Å². The van der Waals surface area contributed by atoms with E-state index in [1.165, 1.54) is 11.3 Å². The number of carbonyl (C=O) groups is 1. The summed E-state index contributed by atoms with van der Waals surface area (Å²) in [6.07, 6.45) is -0.363. The molecule has 0 radical (unpaired) electrons. The molecule has 2 aromatic heterocycles. The molecule has 0 spiro atoms. The molecule has 1 aliphatic heterocycles. The van der Waals surface area contributed by atoms with Crippen LogP contribution in [0.4, 0.5) is 0 Å². The molecule has 1 fully saturated rings. The van der Waals surface area contributed by atoms with E-state index >= 15 is 0 Å². The lowest BCUT2D eigenvalue weighted by Gasteiger charge is -2.32. The van der Waals surface area contributed by atoms with E-state index in [1.54, 1.807) is 11.8 Å². The molecule has 0 bridgehead atoms. The number of thiophene rings is 1. The van der Waals surface area contributed by atoms with Crippen molar-refractivity contribution in [3.63, 3.8) is 0 Å². The van der Waals surface area contributed by atoms with Crippen LogP contribution in [0.3, 0.4) is 0 Å². The SMILES string of the molecule is Cc1nnc([C@@H]2CN(C(=O)[C@@H](C)c3ccc(Cl)s3)CCO2)o1. The first-order valence-electron chi connectivity index (χ1n) is 7.00. The highest BCUT2D eigenvalue weighted by molar-refractivity contribution is 7.16. The van der Waals surface area contributed by atoms with E-state index in [1.807, 2.05) is 19.1 Å². The summed E-state index contributed by atoms with van der Waals surface area (Å²) in [7, 11) is 0. The molecule has 0 N–H and O–H groups in total. The van der Waals surface area contributed by atoms with Crippen LogP contribution in [0.1, 0.15) is 35.6 Å². The predicted octanol–water partition coefficient (Wildman–Crippen LogP) is 2.80. The minimum Gasteiger partial charge on any atom is -0.423 e. The Labute approximate surface area is 137 Å². The molecule has 0 aromatic carbocycles. The van der Waals surface area contributed by atoms with Crippen LogP contribution < -0.4 is 0 Å². The minimum atomic E-state index is -0.363. The molecule has 2 aromatic rings. The molecule has 0 saturated carbocycles. The summed E-state index contributed by atoms with van der Waals surface area (Å²) >= 11 is 7.38. The zero-order valence-electron chi connectivity index (χ0n) is 12.3. The van der Waals surface area contributed by atoms with Crippen LogP contribution in [0.15, 0.2) is 16.5 Å². The Morgan fingerprint density at radius 1 is 1.50 bits per heavy atom. The molecule has 1 amide bonds. The number of carbonyl (C=O) groups excluding carboxylic acids is 1. The highest BCUT2D eigenvalue weighted by Gasteiger charge is 2.31. The third-order valence-electron chi connectivity index (χ3n) is 3.59. The van der Waals surface area contributed by atoms with Gasteiger partial charge in [0.2, 0.25) is 17.7 Å². The Morgan fingerprint density at radius 2 is 2.32 bits per heavy atom. The molecule has 118 valence electrons. The van der Waals surface area contributed by atoms with Gasteiger partial charge in [-0.05, 0) is 19.1 Å². The fraction of sp³-hybridized carbons (Fsp3) is 0.500. The fourth-order valence-corrected chi connectivity index (χ4v) is 3.50. The molecule has 0 unspecified atom stereocenters. The highest BCUT2D eigenvalue weighted by atomic mass is 35.5. The normalized spacial score (nSPS) is 20.1. The number of morpholine rings is 1. The number of aryl methyl sites for hydroxylation is 1. The molecule has 3 heterocycles. The lowest BCUT2D eigenvalue weighted by atomic mass is 10.1. The van der Waals surface area contributed by atoms with Crippen molar-refractivity contribution < 1.29 is 13.9 Å². The molecule has 6 nitrogen and oxygen atoms in total. The number of rotatable bonds is 3. The summed E-state index contributed by atoms with van der Waals surface area (Å²) in [6, 6.07) is 3.71. The van der Waals surface area contributed by atoms with Gasteiger partial charge in [0.25, 0.3) is 0 Å². The van der Waals surface area contributed by atoms with Crippen LogP contribution in [0.2, 0.25) is 4.34 Å². The third kappa shape index (κ3) is 3.16. The fourth-order valence-electron chi connectivity index (χ4n) is 2.40. The largest absolute Gasteiger partial charge is 0.423 e. The lowest BCUT2D eigenvalue weighted by molar-refractivity contribution is -0.141. The van der Waals surface area contributed by atoms with Gasteiger partial charge in [-0.3, -0.25) is 4.79 Å². The van der Waals surface area contributed by atoms with Crippen LogP contribution in [-0.4, -0.2) is 40.7 Å². The first kappa shape index (κ1) is 15.5. The zero-order chi connectivity index (χ0) is 15.7. The van der Waals surface area contributed by atoms with E-state index in [0.29, 0.717) is 35.8 Å². The van der Waals surface area contributed by atoms with Gasteiger partial charge in [0.1, 0.15) is 0 Å². The molecule has 2 atom stereocenters. The summed E-state index contributed by atoms with van der Waals surface area (Å²) in [5.41, 5.74) is 0. The number of aromatic nitrogens is 2. The molecular weight excluding hydrogens is 326 g/mol. The zero-order valence-corrected chi connectivity index (χ0v) is 13.9. The van der Waals surface area contributed by atoms with Gasteiger partial charge in [-0.2, -0.15) is 0 Å². The maximum Gasteiger partial charge on any atom is 0.246 e. The van der Waals surface area contributed by atoms with Gasteiger partial charge in [0, 0.05) is 18.3 Å². The monoisotopic (exact) mass is 341 g/mol. The minimum absolute atomic E-state index is 0.0584. The Bertz CT molecular complexity index is 672. The van der Waals surface area contributed by atoms with Crippen LogP contribution in [-0.2, 0) is 9.53 Å². The van der Waals surface area contributed by atoms with E-state index in [9.17, 15) is 4.79 Å². The van der Waals surface area contributed by atoms with Gasteiger partial charge in [-0.25, -0.2) is 0 Å². The first-order valence-corrected chi connectivity index (χ1v) is 8.19. The Kier molecular flexibility index (Phi) is 4.46. The van der Waals surface area contributed by atoms with Crippen molar-refractivity contribution in [1.82, 2.24) is 15.1 Å². The second-order valence-corrected chi connectivity index (χ2v) is 6.91. The highest BCUT2D eigenvalue weighted by Crippen LogP contribution is 2.30. The molecular formula is C14H16ClN3O3S. The number of halogens is 1. The Balaban J connectivity index is 1.70. The quantitative estimate of drug-likeness (QED) is 0.858. The Hall–Kier alpha value is -1.44. The summed E-state index contributed by atoms with van der Waals surface area (Å²) < 4.78 is 11.7. The molecule has 3 rings (SSSR count). The number of amides is 1. The maximum atomic E-state index is 12.7. The number of hydrogen-bond donors (Lipinski definition) is 0. The van der Waals surface area contributed by atoms with E-state index in [4.69, 9.17) is 20.8 Å². The number of hydrogen-bond acceptors (Lipinski definition) is 6. The van der Waals surface area contributed by atoms with Crippen molar-refractivity contribution in [3.8, 4) is 0 Å². The van der Waals surface area contributed by atoms with Crippen molar-refractivity contribution in [2.24, 2.45) is 0 Å². The summed E-state index contributed by atoms with van der Waals surface area (Å²) in [5, 5.41) is 7.78. The van der Waals surface area contributed by atoms with Crippen molar-refractivity contribution in [2.45, 2.75) is 25.9 Å². The third-order valence-corrected chi connectivity index (χ3v) is 5.00. The number of nitrogens with zero attached hydrogens (tertiary/aromatic N) is 3. The van der Waals surface area contributed by atoms with Crippen molar-refractivity contribution >= 4 is 28.8 Å².